The van der Waals surface area contributed by atoms with Crippen molar-refractivity contribution in [2.45, 2.75) is 20.0 Å². The molecule has 0 unspecified atom stereocenters. The number of hydrogen-bond acceptors (Lipinski definition) is 4. The second-order valence-electron chi connectivity index (χ2n) is 7.09. The van der Waals surface area contributed by atoms with Crippen molar-refractivity contribution in [3.05, 3.63) is 83.9 Å². The molecule has 0 spiro atoms. The van der Waals surface area contributed by atoms with E-state index in [-0.39, 0.29) is 5.75 Å². The standard InChI is InChI=1S/C24H23NO5/c1-15-7-10-17(11-8-15)25-24(29)30-23(16(2)9-14-22(27)28)20-12-13-21(26)19-6-4-3-5-18(19)20/h3-14,16,23,26H,1-2H3,(H,25,29)(H,27,28)/b14-9+/t16-,23-/m1/s1. The molecule has 2 atom stereocenters. The van der Waals surface area contributed by atoms with Gasteiger partial charge in [0.05, 0.1) is 0 Å². The lowest BCUT2D eigenvalue weighted by atomic mass is 9.92. The summed E-state index contributed by atoms with van der Waals surface area (Å²) in [6, 6.07) is 17.8. The first-order chi connectivity index (χ1) is 14.3. The maximum Gasteiger partial charge on any atom is 0.412 e. The molecule has 0 aliphatic carbocycles. The van der Waals surface area contributed by atoms with Gasteiger partial charge in [0.15, 0.2) is 0 Å². The molecule has 0 saturated heterocycles. The number of anilines is 1. The Hall–Kier alpha value is -3.80. The Bertz CT molecular complexity index is 1090. The highest BCUT2D eigenvalue weighted by Gasteiger charge is 2.25. The van der Waals surface area contributed by atoms with E-state index in [0.717, 1.165) is 17.0 Å². The van der Waals surface area contributed by atoms with Crippen LogP contribution in [-0.4, -0.2) is 22.3 Å². The fourth-order valence-corrected chi connectivity index (χ4v) is 3.24. The van der Waals surface area contributed by atoms with Crippen molar-refractivity contribution in [1.29, 1.82) is 0 Å². The topological polar surface area (TPSA) is 95.9 Å². The van der Waals surface area contributed by atoms with Gasteiger partial charge < -0.3 is 14.9 Å². The van der Waals surface area contributed by atoms with Gasteiger partial charge in [-0.1, -0.05) is 61.0 Å². The van der Waals surface area contributed by atoms with E-state index in [2.05, 4.69) is 5.32 Å². The van der Waals surface area contributed by atoms with Gasteiger partial charge in [-0.3, -0.25) is 5.32 Å². The van der Waals surface area contributed by atoms with Crippen LogP contribution >= 0.6 is 0 Å². The minimum absolute atomic E-state index is 0.117. The van der Waals surface area contributed by atoms with Gasteiger partial charge in [-0.15, -0.1) is 0 Å². The van der Waals surface area contributed by atoms with Gasteiger partial charge in [-0.2, -0.15) is 0 Å². The van der Waals surface area contributed by atoms with Crippen LogP contribution in [0.1, 0.15) is 24.2 Å². The number of aliphatic carboxylic acids is 1. The molecule has 154 valence electrons. The van der Waals surface area contributed by atoms with Crippen LogP contribution in [0.2, 0.25) is 0 Å². The fourth-order valence-electron chi connectivity index (χ4n) is 3.24. The molecule has 0 bridgehead atoms. The molecular formula is C24H23NO5. The number of phenols is 1. The first kappa shape index (κ1) is 20.9. The molecule has 0 saturated carbocycles. The SMILES string of the molecule is Cc1ccc(NC(=O)O[C@@H](c2ccc(O)c3ccccc23)[C@H](C)/C=C/C(=O)O)cc1. The van der Waals surface area contributed by atoms with Crippen LogP contribution in [0.15, 0.2) is 72.8 Å². The normalized spacial score (nSPS) is 13.1. The number of carboxylic acids is 1. The highest BCUT2D eigenvalue weighted by atomic mass is 16.6. The maximum absolute atomic E-state index is 12.6. The zero-order valence-corrected chi connectivity index (χ0v) is 16.7. The predicted molar refractivity (Wildman–Crippen MR) is 116 cm³/mol. The molecular weight excluding hydrogens is 382 g/mol. The number of ether oxygens (including phenoxy) is 1. The minimum Gasteiger partial charge on any atom is -0.507 e. The van der Waals surface area contributed by atoms with Crippen molar-refractivity contribution in [2.24, 2.45) is 5.92 Å². The van der Waals surface area contributed by atoms with Gasteiger partial charge in [-0.25, -0.2) is 9.59 Å². The Morgan fingerprint density at radius 3 is 2.33 bits per heavy atom. The highest BCUT2D eigenvalue weighted by Crippen LogP contribution is 2.36. The van der Waals surface area contributed by atoms with Crippen molar-refractivity contribution in [3.8, 4) is 5.75 Å². The zero-order chi connectivity index (χ0) is 21.7. The number of rotatable bonds is 6. The van der Waals surface area contributed by atoms with Crippen LogP contribution in [0.3, 0.4) is 0 Å². The second-order valence-corrected chi connectivity index (χ2v) is 7.09. The summed E-state index contributed by atoms with van der Waals surface area (Å²) in [7, 11) is 0. The van der Waals surface area contributed by atoms with E-state index in [0.29, 0.717) is 16.6 Å². The Kier molecular flexibility index (Phi) is 6.37. The number of amides is 1. The van der Waals surface area contributed by atoms with Gasteiger partial charge in [0.2, 0.25) is 0 Å². The molecule has 1 amide bonds. The van der Waals surface area contributed by atoms with Crippen molar-refractivity contribution in [2.75, 3.05) is 5.32 Å². The van der Waals surface area contributed by atoms with Crippen molar-refractivity contribution in [3.63, 3.8) is 0 Å². The third kappa shape index (κ3) is 4.97. The quantitative estimate of drug-likeness (QED) is 0.476. The first-order valence-corrected chi connectivity index (χ1v) is 9.51. The van der Waals surface area contributed by atoms with Crippen LogP contribution in [-0.2, 0) is 9.53 Å². The molecule has 0 aliphatic heterocycles. The summed E-state index contributed by atoms with van der Waals surface area (Å²) in [4.78, 5) is 23.6. The van der Waals surface area contributed by atoms with E-state index in [4.69, 9.17) is 9.84 Å². The molecule has 3 N–H and O–H groups in total. The zero-order valence-electron chi connectivity index (χ0n) is 16.7. The van der Waals surface area contributed by atoms with E-state index >= 15 is 0 Å². The molecule has 0 heterocycles. The summed E-state index contributed by atoms with van der Waals surface area (Å²) in [6.07, 6.45) is 1.09. The van der Waals surface area contributed by atoms with Crippen molar-refractivity contribution in [1.82, 2.24) is 0 Å². The third-order valence-corrected chi connectivity index (χ3v) is 4.79. The van der Waals surface area contributed by atoms with Gasteiger partial charge in [0, 0.05) is 28.6 Å². The van der Waals surface area contributed by atoms with Crippen LogP contribution in [0.4, 0.5) is 10.5 Å². The van der Waals surface area contributed by atoms with Gasteiger partial charge in [0.1, 0.15) is 11.9 Å². The van der Waals surface area contributed by atoms with Crippen LogP contribution in [0.25, 0.3) is 10.8 Å². The molecule has 3 rings (SSSR count). The molecule has 6 heteroatoms. The number of carbonyl (C=O) groups excluding carboxylic acids is 1. The average molecular weight is 405 g/mol. The third-order valence-electron chi connectivity index (χ3n) is 4.79. The van der Waals surface area contributed by atoms with Gasteiger partial charge >= 0.3 is 12.1 Å². The molecule has 6 nitrogen and oxygen atoms in total. The molecule has 3 aromatic carbocycles. The smallest absolute Gasteiger partial charge is 0.412 e. The summed E-state index contributed by atoms with van der Waals surface area (Å²) >= 11 is 0. The van der Waals surface area contributed by atoms with Crippen LogP contribution in [0.5, 0.6) is 5.75 Å². The summed E-state index contributed by atoms with van der Waals surface area (Å²) in [5.74, 6) is -1.40. The van der Waals surface area contributed by atoms with Crippen molar-refractivity contribution < 1.29 is 24.5 Å². The minimum atomic E-state index is -1.08. The lowest BCUT2D eigenvalue weighted by Crippen LogP contribution is -2.21. The van der Waals surface area contributed by atoms with E-state index < -0.39 is 24.1 Å². The number of benzene rings is 3. The second kappa shape index (κ2) is 9.13. The Labute approximate surface area is 174 Å². The first-order valence-electron chi connectivity index (χ1n) is 9.51. The summed E-state index contributed by atoms with van der Waals surface area (Å²) in [5.41, 5.74) is 2.33. The molecule has 0 radical (unpaired) electrons. The van der Waals surface area contributed by atoms with E-state index in [9.17, 15) is 14.7 Å². The Morgan fingerprint density at radius 1 is 1.00 bits per heavy atom. The predicted octanol–water partition coefficient (Wildman–Crippen LogP) is 5.42. The number of aryl methyl sites for hydroxylation is 1. The fraction of sp³-hybridized carbons (Fsp3) is 0.167. The number of aromatic hydroxyl groups is 1. The monoisotopic (exact) mass is 405 g/mol. The Morgan fingerprint density at radius 2 is 1.67 bits per heavy atom. The largest absolute Gasteiger partial charge is 0.507 e. The van der Waals surface area contributed by atoms with Gasteiger partial charge in [0.25, 0.3) is 0 Å². The lowest BCUT2D eigenvalue weighted by Gasteiger charge is -2.24. The van der Waals surface area contributed by atoms with Gasteiger partial charge in [-0.05, 0) is 30.5 Å². The number of hydrogen-bond donors (Lipinski definition) is 3. The number of carboxylic acid groups (broad SMARTS) is 1. The van der Waals surface area contributed by atoms with Crippen molar-refractivity contribution >= 4 is 28.5 Å². The van der Waals surface area contributed by atoms with E-state index in [1.807, 2.05) is 31.2 Å². The molecule has 0 fully saturated rings. The number of nitrogens with one attached hydrogen (secondary N) is 1. The molecule has 0 aromatic heterocycles. The molecule has 30 heavy (non-hydrogen) atoms. The molecule has 0 aliphatic rings. The average Bonchev–Trinajstić information content (AvgIpc) is 2.73. The summed E-state index contributed by atoms with van der Waals surface area (Å²) in [5, 5.41) is 23.2. The lowest BCUT2D eigenvalue weighted by molar-refractivity contribution is -0.131. The number of carbonyl (C=O) groups is 2. The summed E-state index contributed by atoms with van der Waals surface area (Å²) < 4.78 is 5.74. The van der Waals surface area contributed by atoms with E-state index in [1.165, 1.54) is 6.08 Å². The summed E-state index contributed by atoms with van der Waals surface area (Å²) in [6.45, 7) is 3.72. The Balaban J connectivity index is 1.95. The number of fused-ring (bicyclic) bond motifs is 1. The number of phenolic OH excluding ortho intramolecular Hbond substituents is 1. The molecule has 3 aromatic rings. The van der Waals surface area contributed by atoms with Crippen LogP contribution in [0, 0.1) is 12.8 Å². The maximum atomic E-state index is 12.6. The highest BCUT2D eigenvalue weighted by molar-refractivity contribution is 5.91. The van der Waals surface area contributed by atoms with Crippen LogP contribution < -0.4 is 5.32 Å². The van der Waals surface area contributed by atoms with E-state index in [1.54, 1.807) is 43.3 Å².